The number of carbonyl (C=O) groups excluding carboxylic acids is 1. The van der Waals surface area contributed by atoms with E-state index < -0.39 is 0 Å². The van der Waals surface area contributed by atoms with Gasteiger partial charge in [0, 0.05) is 10.0 Å². The maximum Gasteiger partial charge on any atom is 0.289 e. The second kappa shape index (κ2) is 8.95. The molecule has 0 atom stereocenters. The highest BCUT2D eigenvalue weighted by molar-refractivity contribution is 9.12. The molecule has 0 spiro atoms. The number of hydrazone groups is 1. The Kier molecular flexibility index (Phi) is 6.17. The van der Waals surface area contributed by atoms with Gasteiger partial charge < -0.3 is 4.74 Å². The number of halogens is 1. The molecule has 6 nitrogen and oxygen atoms in total. The van der Waals surface area contributed by atoms with E-state index in [2.05, 4.69) is 36.7 Å². The Labute approximate surface area is 165 Å². The summed E-state index contributed by atoms with van der Waals surface area (Å²) in [4.78, 5) is 12.2. The van der Waals surface area contributed by atoms with Crippen molar-refractivity contribution in [2.45, 2.75) is 0 Å². The van der Waals surface area contributed by atoms with Crippen molar-refractivity contribution in [2.75, 3.05) is 7.11 Å². The summed E-state index contributed by atoms with van der Waals surface area (Å²) in [7, 11) is 1.61. The van der Waals surface area contributed by atoms with Crippen LogP contribution in [-0.4, -0.2) is 29.4 Å². The Morgan fingerprint density at radius 3 is 2.63 bits per heavy atom. The molecule has 0 radical (unpaired) electrons. The number of rotatable bonds is 6. The predicted octanol–water partition coefficient (Wildman–Crippen LogP) is 4.24. The summed E-state index contributed by atoms with van der Waals surface area (Å²) in [6, 6.07) is 18.9. The molecule has 3 aromatic rings. The highest BCUT2D eigenvalue weighted by Gasteiger charge is 2.10. The number of carbonyl (C=O) groups is 1. The van der Waals surface area contributed by atoms with E-state index in [1.165, 1.54) is 6.21 Å². The Hall–Kier alpha value is -3.19. The smallest absolute Gasteiger partial charge is 0.289 e. The number of nitrogens with zero attached hydrogens (tertiary/aromatic N) is 2. The van der Waals surface area contributed by atoms with E-state index in [0.717, 1.165) is 21.4 Å². The van der Waals surface area contributed by atoms with E-state index in [9.17, 15) is 4.79 Å². The maximum atomic E-state index is 12.2. The van der Waals surface area contributed by atoms with Gasteiger partial charge in [-0.2, -0.15) is 10.2 Å². The molecule has 0 saturated heterocycles. The van der Waals surface area contributed by atoms with Crippen LogP contribution in [0.2, 0.25) is 0 Å². The number of benzene rings is 2. The molecular formula is C20H17BrN4O2. The van der Waals surface area contributed by atoms with Crippen LogP contribution in [0.5, 0.6) is 5.75 Å². The summed E-state index contributed by atoms with van der Waals surface area (Å²) in [5, 5.41) is 10.8. The van der Waals surface area contributed by atoms with Gasteiger partial charge in [0.15, 0.2) is 0 Å². The first-order valence-corrected chi connectivity index (χ1v) is 8.90. The van der Waals surface area contributed by atoms with Crippen molar-refractivity contribution < 1.29 is 9.53 Å². The molecule has 0 aliphatic heterocycles. The molecule has 1 amide bonds. The predicted molar refractivity (Wildman–Crippen MR) is 110 cm³/mol. The molecule has 0 fully saturated rings. The molecule has 0 saturated carbocycles. The number of methoxy groups -OCH3 is 1. The third kappa shape index (κ3) is 5.15. The van der Waals surface area contributed by atoms with Gasteiger partial charge in [-0.05, 0) is 57.9 Å². The largest absolute Gasteiger partial charge is 0.497 e. The molecule has 0 aliphatic rings. The molecule has 3 rings (SSSR count). The minimum atomic E-state index is -0.376. The van der Waals surface area contributed by atoms with Gasteiger partial charge in [0.1, 0.15) is 11.4 Å². The standard InChI is InChI=1S/C20H17BrN4O2/c1-27-17-9-7-15(8-10-17)18-12-19(24-23-18)20(26)25-22-13-16(21)11-14-5-3-2-4-6-14/h2-13H,1H3,(H,23,24)(H,25,26). The van der Waals surface area contributed by atoms with Gasteiger partial charge in [-0.1, -0.05) is 30.3 Å². The highest BCUT2D eigenvalue weighted by atomic mass is 79.9. The van der Waals surface area contributed by atoms with E-state index in [1.54, 1.807) is 13.2 Å². The van der Waals surface area contributed by atoms with E-state index >= 15 is 0 Å². The van der Waals surface area contributed by atoms with Crippen LogP contribution in [0.1, 0.15) is 16.1 Å². The number of H-pyrrole nitrogens is 1. The first-order valence-electron chi connectivity index (χ1n) is 8.11. The molecule has 136 valence electrons. The van der Waals surface area contributed by atoms with E-state index in [-0.39, 0.29) is 5.91 Å². The Morgan fingerprint density at radius 1 is 1.19 bits per heavy atom. The zero-order chi connectivity index (χ0) is 19.1. The van der Waals surface area contributed by atoms with Crippen LogP contribution in [0.3, 0.4) is 0 Å². The fraction of sp³-hybridized carbons (Fsp3) is 0.0500. The third-order valence-corrected chi connectivity index (χ3v) is 4.10. The fourth-order valence-electron chi connectivity index (χ4n) is 2.31. The van der Waals surface area contributed by atoms with Crippen LogP contribution in [0, 0.1) is 0 Å². The minimum Gasteiger partial charge on any atom is -0.497 e. The Bertz CT molecular complexity index is 963. The molecule has 27 heavy (non-hydrogen) atoms. The van der Waals surface area contributed by atoms with Crippen molar-refractivity contribution in [1.29, 1.82) is 0 Å². The van der Waals surface area contributed by atoms with Crippen molar-refractivity contribution >= 4 is 34.1 Å². The number of nitrogens with one attached hydrogen (secondary N) is 2. The van der Waals surface area contributed by atoms with Crippen LogP contribution in [-0.2, 0) is 0 Å². The Morgan fingerprint density at radius 2 is 1.93 bits per heavy atom. The summed E-state index contributed by atoms with van der Waals surface area (Å²) < 4.78 is 5.87. The first-order chi connectivity index (χ1) is 13.2. The molecule has 0 bridgehead atoms. The quantitative estimate of drug-likeness (QED) is 0.458. The van der Waals surface area contributed by atoms with E-state index in [1.807, 2.05) is 60.7 Å². The van der Waals surface area contributed by atoms with Gasteiger partial charge in [0.2, 0.25) is 0 Å². The van der Waals surface area contributed by atoms with Gasteiger partial charge in [0.25, 0.3) is 5.91 Å². The maximum absolute atomic E-state index is 12.2. The number of ether oxygens (including phenoxy) is 1. The number of amides is 1. The summed E-state index contributed by atoms with van der Waals surface area (Å²) in [5.41, 5.74) is 5.36. The number of hydrogen-bond donors (Lipinski definition) is 2. The fourth-order valence-corrected chi connectivity index (χ4v) is 2.67. The van der Waals surface area contributed by atoms with Crippen LogP contribution in [0.25, 0.3) is 17.3 Å². The van der Waals surface area contributed by atoms with Crippen molar-refractivity contribution in [2.24, 2.45) is 5.10 Å². The lowest BCUT2D eigenvalue weighted by atomic mass is 10.1. The molecule has 2 N–H and O–H groups in total. The lowest BCUT2D eigenvalue weighted by Crippen LogP contribution is -2.17. The van der Waals surface area contributed by atoms with Crippen molar-refractivity contribution in [3.8, 4) is 17.0 Å². The number of hydrogen-bond acceptors (Lipinski definition) is 4. The average Bonchev–Trinajstić information content (AvgIpc) is 3.19. The monoisotopic (exact) mass is 424 g/mol. The Balaban J connectivity index is 1.61. The number of aromatic amines is 1. The van der Waals surface area contributed by atoms with Gasteiger partial charge in [-0.25, -0.2) is 5.43 Å². The summed E-state index contributed by atoms with van der Waals surface area (Å²) >= 11 is 3.40. The molecule has 2 aromatic carbocycles. The van der Waals surface area contributed by atoms with E-state index in [0.29, 0.717) is 11.4 Å². The molecule has 1 heterocycles. The zero-order valence-electron chi connectivity index (χ0n) is 14.5. The summed E-state index contributed by atoms with van der Waals surface area (Å²) in [6.45, 7) is 0. The van der Waals surface area contributed by atoms with Crippen molar-refractivity contribution in [3.05, 3.63) is 76.4 Å². The zero-order valence-corrected chi connectivity index (χ0v) is 16.1. The average molecular weight is 425 g/mol. The van der Waals surface area contributed by atoms with Gasteiger partial charge in [0.05, 0.1) is 19.0 Å². The minimum absolute atomic E-state index is 0.320. The highest BCUT2D eigenvalue weighted by Crippen LogP contribution is 2.21. The lowest BCUT2D eigenvalue weighted by Gasteiger charge is -2.00. The SMILES string of the molecule is COc1ccc(-c2cc(C(=O)NN=CC(Br)=Cc3ccccc3)[nH]n2)cc1. The lowest BCUT2D eigenvalue weighted by molar-refractivity contribution is 0.0950. The second-order valence-corrected chi connectivity index (χ2v) is 6.45. The molecule has 7 heteroatoms. The van der Waals surface area contributed by atoms with Crippen LogP contribution in [0.4, 0.5) is 0 Å². The van der Waals surface area contributed by atoms with Crippen LogP contribution < -0.4 is 10.2 Å². The summed E-state index contributed by atoms with van der Waals surface area (Å²) in [5.74, 6) is 0.384. The van der Waals surface area contributed by atoms with E-state index in [4.69, 9.17) is 4.74 Å². The van der Waals surface area contributed by atoms with Crippen molar-refractivity contribution in [3.63, 3.8) is 0 Å². The molecule has 0 aliphatic carbocycles. The summed E-state index contributed by atoms with van der Waals surface area (Å²) in [6.07, 6.45) is 3.42. The van der Waals surface area contributed by atoms with Gasteiger partial charge in [-0.3, -0.25) is 9.89 Å². The molecule has 0 unspecified atom stereocenters. The van der Waals surface area contributed by atoms with Crippen LogP contribution in [0.15, 0.2) is 70.2 Å². The van der Waals surface area contributed by atoms with Gasteiger partial charge >= 0.3 is 0 Å². The van der Waals surface area contributed by atoms with Crippen molar-refractivity contribution in [1.82, 2.24) is 15.6 Å². The number of allylic oxidation sites excluding steroid dienone is 1. The second-order valence-electron chi connectivity index (χ2n) is 5.53. The first kappa shape index (κ1) is 18.6. The molecular weight excluding hydrogens is 408 g/mol. The third-order valence-electron chi connectivity index (χ3n) is 3.67. The molecule has 1 aromatic heterocycles. The van der Waals surface area contributed by atoms with Gasteiger partial charge in [-0.15, -0.1) is 0 Å². The normalized spacial score (nSPS) is 11.6. The topological polar surface area (TPSA) is 79.4 Å². The number of aromatic nitrogens is 2. The van der Waals surface area contributed by atoms with Crippen LogP contribution >= 0.6 is 15.9 Å².